The summed E-state index contributed by atoms with van der Waals surface area (Å²) in [5.41, 5.74) is 3.50. The number of nitrogens with one attached hydrogen (secondary N) is 1. The smallest absolute Gasteiger partial charge is 0.272 e. The minimum Gasteiger partial charge on any atom is -0.497 e. The number of nitrogens with zero attached hydrogens (tertiary/aromatic N) is 2. The van der Waals surface area contributed by atoms with E-state index in [4.69, 9.17) is 9.47 Å². The number of hydrogen-bond acceptors (Lipinski definition) is 4. The molecule has 0 saturated heterocycles. The highest BCUT2D eigenvalue weighted by atomic mass is 16.5. The topological polar surface area (TPSA) is 72.8 Å². The average Bonchev–Trinajstić information content (AvgIpc) is 3.21. The van der Waals surface area contributed by atoms with E-state index in [0.717, 1.165) is 27.8 Å². The van der Waals surface area contributed by atoms with Gasteiger partial charge >= 0.3 is 0 Å². The van der Waals surface area contributed by atoms with Gasteiger partial charge < -0.3 is 24.3 Å². The molecule has 2 heterocycles. The normalized spacial score (nSPS) is 15.5. The molecule has 3 aromatic rings. The van der Waals surface area contributed by atoms with Crippen molar-refractivity contribution in [2.45, 2.75) is 6.04 Å². The highest BCUT2D eigenvalue weighted by Gasteiger charge is 2.42. The number of methoxy groups -OCH3 is 2. The number of aryl methyl sites for hydroxylation is 1. The van der Waals surface area contributed by atoms with Crippen molar-refractivity contribution in [3.8, 4) is 5.75 Å². The Morgan fingerprint density at radius 1 is 1.10 bits per heavy atom. The molecule has 156 valence electrons. The summed E-state index contributed by atoms with van der Waals surface area (Å²) >= 11 is 0. The van der Waals surface area contributed by atoms with Crippen LogP contribution >= 0.6 is 0 Å². The Bertz CT molecular complexity index is 1090. The number of hydrogen-bond donors (Lipinski definition) is 1. The van der Waals surface area contributed by atoms with Gasteiger partial charge in [-0.2, -0.15) is 0 Å². The molecule has 0 bridgehead atoms. The van der Waals surface area contributed by atoms with Crippen LogP contribution in [0.2, 0.25) is 0 Å². The summed E-state index contributed by atoms with van der Waals surface area (Å²) in [6.07, 6.45) is 0. The maximum atomic E-state index is 13.4. The number of carbonyl (C=O) groups excluding carboxylic acids is 2. The third kappa shape index (κ3) is 3.31. The van der Waals surface area contributed by atoms with Crippen molar-refractivity contribution in [1.29, 1.82) is 0 Å². The lowest BCUT2D eigenvalue weighted by molar-refractivity contribution is -0.122. The molecule has 0 radical (unpaired) electrons. The van der Waals surface area contributed by atoms with E-state index < -0.39 is 0 Å². The molecular weight excluding hydrogens is 382 g/mol. The van der Waals surface area contributed by atoms with Crippen molar-refractivity contribution in [1.82, 2.24) is 14.8 Å². The van der Waals surface area contributed by atoms with Crippen LogP contribution in [0.4, 0.5) is 0 Å². The van der Waals surface area contributed by atoms with Crippen LogP contribution in [0.15, 0.2) is 48.5 Å². The Morgan fingerprint density at radius 2 is 1.83 bits per heavy atom. The zero-order chi connectivity index (χ0) is 21.3. The summed E-state index contributed by atoms with van der Waals surface area (Å²) in [7, 11) is 5.09. The number of benzene rings is 2. The third-order valence-electron chi connectivity index (χ3n) is 5.57. The zero-order valence-electron chi connectivity index (χ0n) is 17.3. The van der Waals surface area contributed by atoms with Crippen molar-refractivity contribution >= 4 is 22.7 Å². The van der Waals surface area contributed by atoms with Gasteiger partial charge in [0.05, 0.1) is 19.8 Å². The van der Waals surface area contributed by atoms with Crippen molar-refractivity contribution < 1.29 is 19.1 Å². The molecule has 2 aromatic carbocycles. The fourth-order valence-corrected chi connectivity index (χ4v) is 4.17. The Hall–Kier alpha value is -3.32. The molecule has 30 heavy (non-hydrogen) atoms. The minimum absolute atomic E-state index is 0.0255. The maximum Gasteiger partial charge on any atom is 0.272 e. The molecule has 2 amide bonds. The third-order valence-corrected chi connectivity index (χ3v) is 5.57. The molecule has 0 fully saturated rings. The lowest BCUT2D eigenvalue weighted by Gasteiger charge is -2.26. The first kappa shape index (κ1) is 20.0. The number of aromatic nitrogens is 1. The number of carbonyl (C=O) groups is 2. The van der Waals surface area contributed by atoms with Crippen LogP contribution in [-0.2, 0) is 16.6 Å². The lowest BCUT2D eigenvalue weighted by Crippen LogP contribution is -2.40. The van der Waals surface area contributed by atoms with E-state index in [2.05, 4.69) is 5.32 Å². The molecule has 1 aliphatic rings. The standard InChI is InChI=1S/C23H25N3O4/c1-25-18-7-5-4-6-17(18)20-21(15-8-10-16(30-3)11-9-15)26(23(28)22(20)25)14-19(27)24-12-13-29-2/h4-11,21H,12-14H2,1-3H3,(H,24,27)/t21-/m1/s1. The van der Waals surface area contributed by atoms with Crippen LogP contribution < -0.4 is 10.1 Å². The van der Waals surface area contributed by atoms with Crippen molar-refractivity contribution in [3.05, 3.63) is 65.4 Å². The van der Waals surface area contributed by atoms with Gasteiger partial charge in [-0.05, 0) is 23.8 Å². The van der Waals surface area contributed by atoms with Gasteiger partial charge in [-0.3, -0.25) is 9.59 Å². The molecule has 0 saturated carbocycles. The quantitative estimate of drug-likeness (QED) is 0.611. The molecule has 0 unspecified atom stereocenters. The van der Waals surface area contributed by atoms with E-state index in [-0.39, 0.29) is 24.4 Å². The Kier molecular flexibility index (Phi) is 5.46. The second kappa shape index (κ2) is 8.20. The average molecular weight is 407 g/mol. The van der Waals surface area contributed by atoms with Crippen LogP contribution in [0.3, 0.4) is 0 Å². The SMILES string of the molecule is COCCNC(=O)CN1C(=O)c2c(c3ccccc3n2C)[C@H]1c1ccc(OC)cc1. The van der Waals surface area contributed by atoms with E-state index in [1.165, 1.54) is 0 Å². The Labute approximate surface area is 175 Å². The van der Waals surface area contributed by atoms with Gasteiger partial charge in [-0.1, -0.05) is 30.3 Å². The minimum atomic E-state index is -0.349. The number of rotatable bonds is 7. The fraction of sp³-hybridized carbons (Fsp3) is 0.304. The Morgan fingerprint density at radius 3 is 2.53 bits per heavy atom. The van der Waals surface area contributed by atoms with E-state index in [1.807, 2.05) is 60.1 Å². The second-order valence-electron chi connectivity index (χ2n) is 7.29. The van der Waals surface area contributed by atoms with Gasteiger partial charge in [0.25, 0.3) is 5.91 Å². The van der Waals surface area contributed by atoms with E-state index in [1.54, 1.807) is 19.1 Å². The molecule has 1 aromatic heterocycles. The van der Waals surface area contributed by atoms with E-state index in [0.29, 0.717) is 18.8 Å². The first-order chi connectivity index (χ1) is 14.6. The van der Waals surface area contributed by atoms with E-state index >= 15 is 0 Å². The van der Waals surface area contributed by atoms with Crippen LogP contribution in [0.25, 0.3) is 10.9 Å². The highest BCUT2D eigenvalue weighted by Crippen LogP contribution is 2.43. The number of amides is 2. The number of fused-ring (bicyclic) bond motifs is 3. The molecule has 4 rings (SSSR count). The van der Waals surface area contributed by atoms with Gasteiger partial charge in [-0.25, -0.2) is 0 Å². The second-order valence-corrected chi connectivity index (χ2v) is 7.29. The zero-order valence-corrected chi connectivity index (χ0v) is 17.3. The monoisotopic (exact) mass is 407 g/mol. The molecular formula is C23H25N3O4. The first-order valence-electron chi connectivity index (χ1n) is 9.84. The lowest BCUT2D eigenvalue weighted by atomic mass is 9.98. The van der Waals surface area contributed by atoms with Crippen molar-refractivity contribution in [2.24, 2.45) is 7.05 Å². The molecule has 1 atom stereocenters. The number of ether oxygens (including phenoxy) is 2. The predicted octanol–water partition coefficient (Wildman–Crippen LogP) is 2.49. The number of para-hydroxylation sites is 1. The highest BCUT2D eigenvalue weighted by molar-refractivity contribution is 6.07. The summed E-state index contributed by atoms with van der Waals surface area (Å²) < 4.78 is 12.2. The molecule has 0 spiro atoms. The molecule has 1 N–H and O–H groups in total. The summed E-state index contributed by atoms with van der Waals surface area (Å²) in [5, 5.41) is 3.83. The largest absolute Gasteiger partial charge is 0.497 e. The van der Waals surface area contributed by atoms with Gasteiger partial charge in [0.15, 0.2) is 0 Å². The van der Waals surface area contributed by atoms with Crippen molar-refractivity contribution in [2.75, 3.05) is 33.9 Å². The summed E-state index contributed by atoms with van der Waals surface area (Å²) in [6, 6.07) is 15.3. The summed E-state index contributed by atoms with van der Waals surface area (Å²) in [4.78, 5) is 27.6. The van der Waals surface area contributed by atoms with Gasteiger partial charge in [0, 0.05) is 37.2 Å². The maximum absolute atomic E-state index is 13.4. The van der Waals surface area contributed by atoms with Crippen LogP contribution in [0, 0.1) is 0 Å². The van der Waals surface area contributed by atoms with Gasteiger partial charge in [-0.15, -0.1) is 0 Å². The molecule has 1 aliphatic heterocycles. The molecule has 7 nitrogen and oxygen atoms in total. The first-order valence-corrected chi connectivity index (χ1v) is 9.84. The Balaban J connectivity index is 1.78. The fourth-order valence-electron chi connectivity index (χ4n) is 4.17. The summed E-state index contributed by atoms with van der Waals surface area (Å²) in [6.45, 7) is 0.801. The van der Waals surface area contributed by atoms with E-state index in [9.17, 15) is 9.59 Å². The van der Waals surface area contributed by atoms with Gasteiger partial charge in [0.1, 0.15) is 18.0 Å². The van der Waals surface area contributed by atoms with Crippen LogP contribution in [-0.4, -0.2) is 55.2 Å². The van der Waals surface area contributed by atoms with Crippen LogP contribution in [0.1, 0.15) is 27.7 Å². The van der Waals surface area contributed by atoms with Gasteiger partial charge in [0.2, 0.25) is 5.91 Å². The molecule has 7 heteroatoms. The van der Waals surface area contributed by atoms with Crippen molar-refractivity contribution in [3.63, 3.8) is 0 Å². The summed E-state index contributed by atoms with van der Waals surface area (Å²) in [5.74, 6) is 0.382. The van der Waals surface area contributed by atoms with Crippen LogP contribution in [0.5, 0.6) is 5.75 Å². The molecule has 0 aliphatic carbocycles. The predicted molar refractivity (Wildman–Crippen MR) is 114 cm³/mol.